The van der Waals surface area contributed by atoms with Crippen molar-refractivity contribution in [3.63, 3.8) is 0 Å². The smallest absolute Gasteiger partial charge is 0.223 e. The first-order chi connectivity index (χ1) is 14.7. The van der Waals surface area contributed by atoms with E-state index in [-0.39, 0.29) is 17.4 Å². The fourth-order valence-electron chi connectivity index (χ4n) is 4.14. The molecule has 0 spiro atoms. The van der Waals surface area contributed by atoms with Crippen molar-refractivity contribution in [3.8, 4) is 17.2 Å². The topological polar surface area (TPSA) is 54.4 Å². The highest BCUT2D eigenvalue weighted by atomic mass is 16.5. The number of fused-ring (bicyclic) bond motifs is 2. The molecule has 2 heterocycles. The summed E-state index contributed by atoms with van der Waals surface area (Å²) in [5, 5.41) is 0. The van der Waals surface area contributed by atoms with E-state index in [1.165, 1.54) is 0 Å². The fourth-order valence-corrected chi connectivity index (χ4v) is 4.14. The molecular weight excluding hydrogens is 390 g/mol. The monoisotopic (exact) mass is 421 g/mol. The molecule has 2 aliphatic rings. The number of hydrogen-bond acceptors (Lipinski definition) is 5. The lowest BCUT2D eigenvalue weighted by Crippen LogP contribution is -2.56. The minimum Gasteiger partial charge on any atom is -0.497 e. The van der Waals surface area contributed by atoms with Crippen LogP contribution in [0.15, 0.2) is 47.5 Å². The minimum absolute atomic E-state index is 0.0155. The molecular formula is C25H31N3O3. The van der Waals surface area contributed by atoms with Gasteiger partial charge in [0, 0.05) is 38.2 Å². The van der Waals surface area contributed by atoms with Gasteiger partial charge in [0.15, 0.2) is 5.75 Å². The van der Waals surface area contributed by atoms with Crippen molar-refractivity contribution in [1.29, 1.82) is 0 Å². The molecule has 0 bridgehead atoms. The molecule has 4 rings (SSSR count). The predicted octanol–water partition coefficient (Wildman–Crippen LogP) is 4.85. The lowest BCUT2D eigenvalue weighted by atomic mass is 9.91. The molecule has 31 heavy (non-hydrogen) atoms. The van der Waals surface area contributed by atoms with Crippen LogP contribution in [0.2, 0.25) is 0 Å². The third kappa shape index (κ3) is 4.53. The van der Waals surface area contributed by atoms with Crippen LogP contribution in [0.5, 0.6) is 17.2 Å². The molecule has 1 saturated heterocycles. The van der Waals surface area contributed by atoms with Gasteiger partial charge in [-0.15, -0.1) is 0 Å². The number of nitrogens with zero attached hydrogens (tertiary/aromatic N) is 3. The minimum atomic E-state index is -0.0155. The van der Waals surface area contributed by atoms with Crippen molar-refractivity contribution in [3.05, 3.63) is 48.0 Å². The van der Waals surface area contributed by atoms with Crippen molar-refractivity contribution in [2.45, 2.75) is 40.2 Å². The highest BCUT2D eigenvalue weighted by molar-refractivity contribution is 6.04. The highest BCUT2D eigenvalue weighted by Gasteiger charge is 2.32. The largest absolute Gasteiger partial charge is 0.497 e. The Balaban J connectivity index is 1.65. The molecule has 0 radical (unpaired) electrons. The summed E-state index contributed by atoms with van der Waals surface area (Å²) in [7, 11) is 1.65. The number of amides is 1. The molecule has 1 atom stereocenters. The Kier molecular flexibility index (Phi) is 5.65. The Morgan fingerprint density at radius 3 is 2.65 bits per heavy atom. The molecule has 0 saturated carbocycles. The standard InChI is InChI=1S/C25H31N3O3/c1-17-16-27(12-13-28(17)23(29)15-25(2,3)4)24-19-11-10-18(30-5)14-22(19)31-21-9-7-6-8-20(21)26-24/h6-11,14,17H,12-13,15-16H2,1-5H3/t17-/m1/s1. The van der Waals surface area contributed by atoms with Crippen LogP contribution in [-0.2, 0) is 4.79 Å². The number of rotatable bonds is 2. The van der Waals surface area contributed by atoms with Crippen molar-refractivity contribution >= 4 is 17.4 Å². The van der Waals surface area contributed by atoms with Gasteiger partial charge in [-0.25, -0.2) is 4.99 Å². The number of para-hydroxylation sites is 2. The first-order valence-corrected chi connectivity index (χ1v) is 10.8. The SMILES string of the molecule is COc1ccc2c(c1)Oc1ccccc1N=C2N1CCN(C(=O)CC(C)(C)C)[C@H](C)C1. The number of carbonyl (C=O) groups is 1. The second-order valence-corrected chi connectivity index (χ2v) is 9.49. The van der Waals surface area contributed by atoms with Gasteiger partial charge in [-0.1, -0.05) is 32.9 Å². The molecule has 6 heteroatoms. The summed E-state index contributed by atoms with van der Waals surface area (Å²) in [4.78, 5) is 22.1. The van der Waals surface area contributed by atoms with Gasteiger partial charge in [0.2, 0.25) is 5.91 Å². The first-order valence-electron chi connectivity index (χ1n) is 10.8. The van der Waals surface area contributed by atoms with Crippen LogP contribution < -0.4 is 9.47 Å². The third-order valence-corrected chi connectivity index (χ3v) is 5.67. The summed E-state index contributed by atoms with van der Waals surface area (Å²) in [5.74, 6) is 3.28. The zero-order chi connectivity index (χ0) is 22.2. The molecule has 1 fully saturated rings. The second kappa shape index (κ2) is 8.25. The van der Waals surface area contributed by atoms with Crippen LogP contribution in [0.3, 0.4) is 0 Å². The molecule has 0 N–H and O–H groups in total. The van der Waals surface area contributed by atoms with Crippen molar-refractivity contribution in [2.24, 2.45) is 10.4 Å². The molecule has 2 aliphatic heterocycles. The van der Waals surface area contributed by atoms with Gasteiger partial charge in [0.25, 0.3) is 0 Å². The summed E-state index contributed by atoms with van der Waals surface area (Å²) in [5.41, 5.74) is 1.71. The average molecular weight is 422 g/mol. The van der Waals surface area contributed by atoms with E-state index in [0.717, 1.165) is 47.4 Å². The number of aliphatic imine (C=N–C) groups is 1. The number of ether oxygens (including phenoxy) is 2. The maximum absolute atomic E-state index is 12.8. The zero-order valence-corrected chi connectivity index (χ0v) is 19.0. The van der Waals surface area contributed by atoms with Gasteiger partial charge in [-0.05, 0) is 36.6 Å². The Hall–Kier alpha value is -3.02. The van der Waals surface area contributed by atoms with Crippen LogP contribution in [0.4, 0.5) is 5.69 Å². The van der Waals surface area contributed by atoms with E-state index >= 15 is 0 Å². The fraction of sp³-hybridized carbons (Fsp3) is 0.440. The van der Waals surface area contributed by atoms with Gasteiger partial charge in [0.1, 0.15) is 23.0 Å². The van der Waals surface area contributed by atoms with Crippen LogP contribution in [0, 0.1) is 5.41 Å². The Bertz CT molecular complexity index is 1010. The quantitative estimate of drug-likeness (QED) is 0.696. The Labute approximate surface area is 184 Å². The van der Waals surface area contributed by atoms with E-state index in [4.69, 9.17) is 14.5 Å². The Morgan fingerprint density at radius 1 is 1.16 bits per heavy atom. The maximum Gasteiger partial charge on any atom is 0.223 e. The first kappa shape index (κ1) is 21.2. The summed E-state index contributed by atoms with van der Waals surface area (Å²) in [6.07, 6.45) is 0.558. The maximum atomic E-state index is 12.8. The average Bonchev–Trinajstić information content (AvgIpc) is 2.88. The van der Waals surface area contributed by atoms with E-state index in [9.17, 15) is 4.79 Å². The van der Waals surface area contributed by atoms with Crippen molar-refractivity contribution < 1.29 is 14.3 Å². The normalized spacial score (nSPS) is 18.4. The molecule has 0 unspecified atom stereocenters. The van der Waals surface area contributed by atoms with Gasteiger partial charge >= 0.3 is 0 Å². The van der Waals surface area contributed by atoms with E-state index in [0.29, 0.717) is 13.0 Å². The van der Waals surface area contributed by atoms with Crippen LogP contribution in [0.1, 0.15) is 39.7 Å². The van der Waals surface area contributed by atoms with E-state index in [1.54, 1.807) is 7.11 Å². The molecule has 0 aliphatic carbocycles. The molecule has 2 aromatic carbocycles. The van der Waals surface area contributed by atoms with Gasteiger partial charge in [0.05, 0.1) is 12.7 Å². The molecule has 0 aromatic heterocycles. The van der Waals surface area contributed by atoms with Crippen LogP contribution in [0.25, 0.3) is 0 Å². The van der Waals surface area contributed by atoms with Crippen molar-refractivity contribution in [1.82, 2.24) is 9.80 Å². The lowest BCUT2D eigenvalue weighted by molar-refractivity contribution is -0.136. The number of methoxy groups -OCH3 is 1. The molecule has 6 nitrogen and oxygen atoms in total. The van der Waals surface area contributed by atoms with E-state index in [2.05, 4.69) is 32.6 Å². The van der Waals surface area contributed by atoms with Gasteiger partial charge < -0.3 is 19.3 Å². The summed E-state index contributed by atoms with van der Waals surface area (Å²) < 4.78 is 11.6. The predicted molar refractivity (Wildman–Crippen MR) is 123 cm³/mol. The number of carbonyl (C=O) groups excluding carboxylic acids is 1. The zero-order valence-electron chi connectivity index (χ0n) is 19.0. The number of piperazine rings is 1. The molecule has 164 valence electrons. The number of benzene rings is 2. The van der Waals surface area contributed by atoms with Gasteiger partial charge in [-0.2, -0.15) is 0 Å². The van der Waals surface area contributed by atoms with E-state index in [1.807, 2.05) is 47.4 Å². The lowest BCUT2D eigenvalue weighted by Gasteiger charge is -2.42. The van der Waals surface area contributed by atoms with Crippen molar-refractivity contribution in [2.75, 3.05) is 26.7 Å². The third-order valence-electron chi connectivity index (χ3n) is 5.67. The number of amidine groups is 1. The van der Waals surface area contributed by atoms with E-state index < -0.39 is 0 Å². The van der Waals surface area contributed by atoms with Crippen LogP contribution in [-0.4, -0.2) is 54.3 Å². The van der Waals surface area contributed by atoms with Crippen LogP contribution >= 0.6 is 0 Å². The molecule has 2 aromatic rings. The number of hydrogen-bond donors (Lipinski definition) is 0. The highest BCUT2D eigenvalue weighted by Crippen LogP contribution is 2.39. The summed E-state index contributed by atoms with van der Waals surface area (Å²) >= 11 is 0. The summed E-state index contributed by atoms with van der Waals surface area (Å²) in [6.45, 7) is 10.6. The Morgan fingerprint density at radius 2 is 1.94 bits per heavy atom. The summed E-state index contributed by atoms with van der Waals surface area (Å²) in [6, 6.07) is 13.7. The molecule has 1 amide bonds. The van der Waals surface area contributed by atoms with Gasteiger partial charge in [-0.3, -0.25) is 4.79 Å². The second-order valence-electron chi connectivity index (χ2n) is 9.49.